The Kier molecular flexibility index (Phi) is 8.62. The number of aromatic hydroxyl groups is 1. The molecular formula is C19H19N3O13S4. The fourth-order valence-electron chi connectivity index (χ4n) is 3.12. The zero-order valence-electron chi connectivity index (χ0n) is 19.2. The summed E-state index contributed by atoms with van der Waals surface area (Å²) < 4.78 is 123. The summed E-state index contributed by atoms with van der Waals surface area (Å²) in [5, 5.41) is 20.6. The molecule has 0 spiro atoms. The van der Waals surface area contributed by atoms with Crippen molar-refractivity contribution in [2.24, 2.45) is 10.2 Å². The molecule has 3 aromatic rings. The standard InChI is InChI=1S/C19H19N3O13S4/c23-19-16-6-3-14(20-11-37(26,27)28)9-12(16)10-17(38(29,30)31)18(19)22-21-13-1-4-15(5-2-13)36(24,25)8-7-35-39(32,33)34/h1-6,9-10,20,23H,7-8,11H2,(H,26,27,28)(H,29,30,31)(H,32,33,34). The number of sulfone groups is 1. The van der Waals surface area contributed by atoms with Crippen LogP contribution in [-0.4, -0.2) is 70.7 Å². The van der Waals surface area contributed by atoms with E-state index in [1.807, 2.05) is 0 Å². The number of hydrogen-bond acceptors (Lipinski definition) is 13. The summed E-state index contributed by atoms with van der Waals surface area (Å²) in [5.41, 5.74) is -0.522. The van der Waals surface area contributed by atoms with E-state index in [1.54, 1.807) is 0 Å². The van der Waals surface area contributed by atoms with Crippen LogP contribution in [-0.2, 0) is 44.7 Å². The third-order valence-corrected chi connectivity index (χ3v) is 8.37. The van der Waals surface area contributed by atoms with Crippen molar-refractivity contribution >= 4 is 68.3 Å². The molecule has 0 aromatic heterocycles. The van der Waals surface area contributed by atoms with Crippen molar-refractivity contribution in [1.29, 1.82) is 0 Å². The lowest BCUT2D eigenvalue weighted by Gasteiger charge is -2.11. The monoisotopic (exact) mass is 625 g/mol. The van der Waals surface area contributed by atoms with Crippen LogP contribution in [0.25, 0.3) is 10.8 Å². The number of azo groups is 1. The van der Waals surface area contributed by atoms with Crippen molar-refractivity contribution in [3.05, 3.63) is 48.5 Å². The summed E-state index contributed by atoms with van der Waals surface area (Å²) >= 11 is 0. The third kappa shape index (κ3) is 8.37. The molecule has 0 amide bonds. The molecule has 0 unspecified atom stereocenters. The molecule has 0 saturated heterocycles. The maximum absolute atomic E-state index is 12.3. The van der Waals surface area contributed by atoms with Gasteiger partial charge in [-0.05, 0) is 53.9 Å². The second-order valence-electron chi connectivity index (χ2n) is 7.65. The molecule has 0 heterocycles. The number of nitrogens with one attached hydrogen (secondary N) is 1. The number of fused-ring (bicyclic) bond motifs is 1. The van der Waals surface area contributed by atoms with E-state index in [-0.39, 0.29) is 27.0 Å². The largest absolute Gasteiger partial charge is 0.505 e. The maximum atomic E-state index is 12.3. The van der Waals surface area contributed by atoms with Crippen LogP contribution in [0.2, 0.25) is 0 Å². The molecule has 3 rings (SSSR count). The average Bonchev–Trinajstić information content (AvgIpc) is 2.80. The topological polar surface area (TPSA) is 263 Å². The van der Waals surface area contributed by atoms with Crippen LogP contribution in [0.4, 0.5) is 17.1 Å². The summed E-state index contributed by atoms with van der Waals surface area (Å²) in [6.07, 6.45) is 0. The van der Waals surface area contributed by atoms with Crippen molar-refractivity contribution in [3.8, 4) is 5.75 Å². The van der Waals surface area contributed by atoms with E-state index in [4.69, 9.17) is 9.11 Å². The summed E-state index contributed by atoms with van der Waals surface area (Å²) in [7, 11) is -18.2. The van der Waals surface area contributed by atoms with E-state index in [0.29, 0.717) is 0 Å². The van der Waals surface area contributed by atoms with Crippen molar-refractivity contribution in [2.75, 3.05) is 23.6 Å². The molecule has 0 aliphatic carbocycles. The highest BCUT2D eigenvalue weighted by atomic mass is 32.3. The van der Waals surface area contributed by atoms with Crippen LogP contribution in [0.15, 0.2) is 68.6 Å². The van der Waals surface area contributed by atoms with Crippen LogP contribution in [0.1, 0.15) is 0 Å². The second-order valence-corrected chi connectivity index (χ2v) is 13.7. The Hall–Kier alpha value is -3.24. The van der Waals surface area contributed by atoms with Gasteiger partial charge in [-0.15, -0.1) is 5.11 Å². The highest BCUT2D eigenvalue weighted by Gasteiger charge is 2.22. The van der Waals surface area contributed by atoms with E-state index in [9.17, 15) is 43.3 Å². The first-order valence-electron chi connectivity index (χ1n) is 10.2. The van der Waals surface area contributed by atoms with E-state index < -0.39 is 75.0 Å². The molecule has 0 atom stereocenters. The van der Waals surface area contributed by atoms with Gasteiger partial charge >= 0.3 is 10.4 Å². The Morgan fingerprint density at radius 1 is 0.821 bits per heavy atom. The Morgan fingerprint density at radius 2 is 1.46 bits per heavy atom. The van der Waals surface area contributed by atoms with Crippen molar-refractivity contribution in [2.45, 2.75) is 9.79 Å². The Bertz CT molecular complexity index is 1870. The van der Waals surface area contributed by atoms with Gasteiger partial charge in [0.15, 0.2) is 15.6 Å². The predicted octanol–water partition coefficient (Wildman–Crippen LogP) is 2.06. The number of anilines is 1. The van der Waals surface area contributed by atoms with Crippen molar-refractivity contribution < 1.29 is 56.6 Å². The summed E-state index contributed by atoms with van der Waals surface area (Å²) in [6, 6.07) is 9.30. The van der Waals surface area contributed by atoms with Gasteiger partial charge in [-0.2, -0.15) is 30.4 Å². The minimum absolute atomic E-state index is 0.00585. The zero-order chi connectivity index (χ0) is 29.2. The van der Waals surface area contributed by atoms with Gasteiger partial charge in [0.25, 0.3) is 20.2 Å². The van der Waals surface area contributed by atoms with Crippen molar-refractivity contribution in [3.63, 3.8) is 0 Å². The normalized spacial score (nSPS) is 13.2. The van der Waals surface area contributed by atoms with E-state index >= 15 is 0 Å². The SMILES string of the molecule is O=S(=O)(O)CNc1ccc2c(O)c(N=Nc3ccc(S(=O)(=O)CCOS(=O)(=O)O)cc3)c(S(=O)(=O)O)cc2c1. The molecule has 5 N–H and O–H groups in total. The fraction of sp³-hybridized carbons (Fsp3) is 0.158. The molecule has 0 radical (unpaired) electrons. The first-order chi connectivity index (χ1) is 17.9. The number of benzene rings is 3. The van der Waals surface area contributed by atoms with Gasteiger partial charge in [-0.25, -0.2) is 12.6 Å². The second kappa shape index (κ2) is 11.1. The number of nitrogens with zero attached hydrogens (tertiary/aromatic N) is 2. The number of rotatable bonds is 11. The van der Waals surface area contributed by atoms with Crippen LogP contribution in [0.3, 0.4) is 0 Å². The highest BCUT2D eigenvalue weighted by molar-refractivity contribution is 7.91. The van der Waals surface area contributed by atoms with Gasteiger partial charge in [0.2, 0.25) is 0 Å². The Morgan fingerprint density at radius 3 is 2.03 bits per heavy atom. The number of phenolic OH excluding ortho intramolecular Hbond substituents is 1. The van der Waals surface area contributed by atoms with E-state index in [2.05, 4.69) is 19.7 Å². The van der Waals surface area contributed by atoms with Crippen molar-refractivity contribution in [1.82, 2.24) is 0 Å². The zero-order valence-corrected chi connectivity index (χ0v) is 22.5. The van der Waals surface area contributed by atoms with Gasteiger partial charge in [0, 0.05) is 11.1 Å². The van der Waals surface area contributed by atoms with Gasteiger partial charge < -0.3 is 10.4 Å². The molecule has 16 nitrogen and oxygen atoms in total. The van der Waals surface area contributed by atoms with Gasteiger partial charge in [-0.1, -0.05) is 0 Å². The summed E-state index contributed by atoms with van der Waals surface area (Å²) in [5.74, 6) is -2.33. The predicted molar refractivity (Wildman–Crippen MR) is 136 cm³/mol. The Balaban J connectivity index is 1.93. The molecule has 212 valence electrons. The minimum atomic E-state index is -4.97. The third-order valence-electron chi connectivity index (χ3n) is 4.83. The van der Waals surface area contributed by atoms with Gasteiger partial charge in [0.05, 0.1) is 22.9 Å². The fourth-order valence-corrected chi connectivity index (χ4v) is 5.62. The molecule has 3 aromatic carbocycles. The lowest BCUT2D eigenvalue weighted by molar-refractivity contribution is 0.284. The summed E-state index contributed by atoms with van der Waals surface area (Å²) in [6.45, 7) is -0.833. The molecule has 20 heteroatoms. The molecule has 0 bridgehead atoms. The quantitative estimate of drug-likeness (QED) is 0.151. The molecule has 0 aliphatic heterocycles. The van der Waals surface area contributed by atoms with Crippen LogP contribution >= 0.6 is 0 Å². The summed E-state index contributed by atoms with van der Waals surface area (Å²) in [4.78, 5) is -1.10. The lowest BCUT2D eigenvalue weighted by atomic mass is 10.1. The maximum Gasteiger partial charge on any atom is 0.397 e. The van der Waals surface area contributed by atoms with Gasteiger partial charge in [0.1, 0.15) is 16.5 Å². The van der Waals surface area contributed by atoms with E-state index in [0.717, 1.165) is 18.2 Å². The van der Waals surface area contributed by atoms with Crippen LogP contribution in [0, 0.1) is 0 Å². The smallest absolute Gasteiger partial charge is 0.397 e. The molecule has 0 saturated carbocycles. The molecule has 39 heavy (non-hydrogen) atoms. The molecular weight excluding hydrogens is 606 g/mol. The first kappa shape index (κ1) is 30.3. The highest BCUT2D eigenvalue weighted by Crippen LogP contribution is 2.42. The van der Waals surface area contributed by atoms with Crippen LogP contribution < -0.4 is 5.32 Å². The Labute approximate surface area is 222 Å². The van der Waals surface area contributed by atoms with Gasteiger partial charge in [-0.3, -0.25) is 13.7 Å². The number of hydrogen-bond donors (Lipinski definition) is 5. The minimum Gasteiger partial charge on any atom is -0.505 e. The van der Waals surface area contributed by atoms with E-state index in [1.165, 1.54) is 30.3 Å². The first-order valence-corrected chi connectivity index (χ1v) is 16.2. The lowest BCUT2D eigenvalue weighted by Crippen LogP contribution is -2.15. The molecule has 0 aliphatic rings. The average molecular weight is 626 g/mol. The van der Waals surface area contributed by atoms with Crippen LogP contribution in [0.5, 0.6) is 5.75 Å². The number of phenols is 1. The molecule has 0 fully saturated rings.